The number of hydrogen-bond acceptors (Lipinski definition) is 6. The Kier molecular flexibility index (Phi) is 5.08. The summed E-state index contributed by atoms with van der Waals surface area (Å²) in [7, 11) is 0. The molecular weight excluding hydrogens is 466 g/mol. The molecule has 0 aliphatic carbocycles. The number of thiazole rings is 1. The van der Waals surface area contributed by atoms with Crippen molar-refractivity contribution < 1.29 is 9.21 Å². The number of para-hydroxylation sites is 1. The Balaban J connectivity index is 1.29. The molecule has 1 aromatic carbocycles. The Bertz CT molecular complexity index is 1190. The van der Waals surface area contributed by atoms with Crippen molar-refractivity contribution in [1.29, 1.82) is 0 Å². The molecule has 0 atom stereocenters. The highest BCUT2D eigenvalue weighted by Crippen LogP contribution is 2.33. The molecule has 0 saturated carbocycles. The van der Waals surface area contributed by atoms with E-state index in [2.05, 4.69) is 31.2 Å². The number of anilines is 1. The summed E-state index contributed by atoms with van der Waals surface area (Å²) < 4.78 is 8.93. The van der Waals surface area contributed by atoms with Crippen LogP contribution in [0.4, 0.5) is 5.13 Å². The first-order valence-corrected chi connectivity index (χ1v) is 11.4. The molecular formula is C21H20BrN5O2S. The zero-order valence-corrected chi connectivity index (χ0v) is 18.7. The fourth-order valence-corrected chi connectivity index (χ4v) is 5.06. The number of amides is 1. The summed E-state index contributed by atoms with van der Waals surface area (Å²) in [6.45, 7) is 3.72. The van der Waals surface area contributed by atoms with E-state index >= 15 is 0 Å². The van der Waals surface area contributed by atoms with Gasteiger partial charge in [0.15, 0.2) is 21.2 Å². The summed E-state index contributed by atoms with van der Waals surface area (Å²) in [5.41, 5.74) is 2.90. The average molecular weight is 486 g/mol. The number of hydrogen-bond donors (Lipinski definition) is 1. The first-order chi connectivity index (χ1) is 14.6. The van der Waals surface area contributed by atoms with Crippen LogP contribution in [0.3, 0.4) is 0 Å². The molecule has 30 heavy (non-hydrogen) atoms. The number of furan rings is 1. The molecule has 1 aliphatic rings. The van der Waals surface area contributed by atoms with E-state index in [9.17, 15) is 4.79 Å². The van der Waals surface area contributed by atoms with Crippen LogP contribution in [0.15, 0.2) is 51.6 Å². The van der Waals surface area contributed by atoms with E-state index in [4.69, 9.17) is 9.40 Å². The number of carbonyl (C=O) groups excluding carboxylic acids is 1. The lowest BCUT2D eigenvalue weighted by molar-refractivity contribution is 0.0901. The quantitative estimate of drug-likeness (QED) is 0.458. The second-order valence-electron chi connectivity index (χ2n) is 7.32. The normalized spacial score (nSPS) is 15.1. The molecule has 1 amide bonds. The number of nitrogens with zero attached hydrogens (tertiary/aromatic N) is 4. The Morgan fingerprint density at radius 2 is 1.97 bits per heavy atom. The molecule has 1 N–H and O–H groups in total. The molecule has 0 spiro atoms. The number of aryl methyl sites for hydroxylation is 1. The maximum absolute atomic E-state index is 12.3. The first-order valence-electron chi connectivity index (χ1n) is 9.81. The number of nitrogens with one attached hydrogen (secondary N) is 1. The van der Waals surface area contributed by atoms with Gasteiger partial charge in [0.05, 0.1) is 16.1 Å². The van der Waals surface area contributed by atoms with Gasteiger partial charge in [-0.2, -0.15) is 10.1 Å². The summed E-state index contributed by atoms with van der Waals surface area (Å²) in [4.78, 5) is 19.5. The van der Waals surface area contributed by atoms with Crippen molar-refractivity contribution in [3.8, 4) is 5.69 Å². The molecule has 3 aromatic heterocycles. The minimum atomic E-state index is -0.169. The largest absolute Gasteiger partial charge is 0.444 e. The minimum absolute atomic E-state index is 0.133. The van der Waals surface area contributed by atoms with Crippen molar-refractivity contribution in [3.63, 3.8) is 0 Å². The van der Waals surface area contributed by atoms with Gasteiger partial charge in [-0.25, -0.2) is 4.68 Å². The number of piperidine rings is 1. The average Bonchev–Trinajstić information content (AvgIpc) is 3.46. The maximum Gasteiger partial charge on any atom is 0.287 e. The van der Waals surface area contributed by atoms with Gasteiger partial charge in [0.1, 0.15) is 0 Å². The molecule has 1 fully saturated rings. The zero-order chi connectivity index (χ0) is 20.7. The van der Waals surface area contributed by atoms with Crippen LogP contribution in [0.5, 0.6) is 0 Å². The second kappa shape index (κ2) is 7.88. The Hall–Kier alpha value is -2.65. The molecule has 0 radical (unpaired) electrons. The van der Waals surface area contributed by atoms with Gasteiger partial charge in [0, 0.05) is 19.1 Å². The van der Waals surface area contributed by atoms with Gasteiger partial charge in [-0.05, 0) is 60.0 Å². The number of aromatic nitrogens is 3. The Labute approximate surface area is 185 Å². The number of halogens is 1. The third kappa shape index (κ3) is 3.63. The SMILES string of the molecule is Cc1nn(-c2ccccc2)c2nc(N3CCC(NC(=O)c4ccc(Br)o4)CC3)sc12. The van der Waals surface area contributed by atoms with Gasteiger partial charge in [-0.15, -0.1) is 0 Å². The highest BCUT2D eigenvalue weighted by Gasteiger charge is 2.25. The van der Waals surface area contributed by atoms with Gasteiger partial charge in [0.25, 0.3) is 5.91 Å². The standard InChI is InChI=1S/C21H20BrN5O2S/c1-13-18-19(27(25-13)15-5-3-2-4-6-15)24-21(30-18)26-11-9-14(10-12-26)23-20(28)16-7-8-17(22)29-16/h2-8,14H,9-12H2,1H3,(H,23,28). The fraction of sp³-hybridized carbons (Fsp3) is 0.286. The van der Waals surface area contributed by atoms with Crippen molar-refractivity contribution in [3.05, 3.63) is 58.6 Å². The van der Waals surface area contributed by atoms with Gasteiger partial charge in [-0.3, -0.25) is 4.79 Å². The van der Waals surface area contributed by atoms with Crippen LogP contribution >= 0.6 is 27.3 Å². The number of fused-ring (bicyclic) bond motifs is 1. The van der Waals surface area contributed by atoms with Gasteiger partial charge >= 0.3 is 0 Å². The summed E-state index contributed by atoms with van der Waals surface area (Å²) in [6.07, 6.45) is 1.74. The predicted molar refractivity (Wildman–Crippen MR) is 121 cm³/mol. The monoisotopic (exact) mass is 485 g/mol. The molecule has 4 heterocycles. The zero-order valence-electron chi connectivity index (χ0n) is 16.3. The van der Waals surface area contributed by atoms with Gasteiger partial charge in [-0.1, -0.05) is 29.5 Å². The van der Waals surface area contributed by atoms with Crippen molar-refractivity contribution in [1.82, 2.24) is 20.1 Å². The summed E-state index contributed by atoms with van der Waals surface area (Å²) in [5, 5.41) is 8.75. The van der Waals surface area contributed by atoms with E-state index < -0.39 is 0 Å². The van der Waals surface area contributed by atoms with E-state index in [0.717, 1.165) is 52.8 Å². The smallest absolute Gasteiger partial charge is 0.287 e. The minimum Gasteiger partial charge on any atom is -0.444 e. The van der Waals surface area contributed by atoms with Crippen LogP contribution in [0.25, 0.3) is 16.0 Å². The summed E-state index contributed by atoms with van der Waals surface area (Å²) in [6, 6.07) is 13.6. The molecule has 0 unspecified atom stereocenters. The maximum atomic E-state index is 12.3. The van der Waals surface area contributed by atoms with Crippen LogP contribution in [-0.4, -0.2) is 39.8 Å². The highest BCUT2D eigenvalue weighted by atomic mass is 79.9. The Morgan fingerprint density at radius 1 is 1.20 bits per heavy atom. The topological polar surface area (TPSA) is 76.2 Å². The van der Waals surface area contributed by atoms with E-state index in [0.29, 0.717) is 10.4 Å². The van der Waals surface area contributed by atoms with Crippen LogP contribution < -0.4 is 10.2 Å². The predicted octanol–water partition coefficient (Wildman–Crippen LogP) is 4.54. The van der Waals surface area contributed by atoms with Crippen LogP contribution in [0.1, 0.15) is 29.1 Å². The first kappa shape index (κ1) is 19.3. The lowest BCUT2D eigenvalue weighted by atomic mass is 10.1. The van der Waals surface area contributed by atoms with Crippen molar-refractivity contribution in [2.75, 3.05) is 18.0 Å². The molecule has 7 nitrogen and oxygen atoms in total. The van der Waals surface area contributed by atoms with Crippen LogP contribution in [0.2, 0.25) is 0 Å². The number of benzene rings is 1. The van der Waals surface area contributed by atoms with Gasteiger partial charge < -0.3 is 14.6 Å². The van der Waals surface area contributed by atoms with Crippen LogP contribution in [0, 0.1) is 6.92 Å². The molecule has 9 heteroatoms. The van der Waals surface area contributed by atoms with Crippen molar-refractivity contribution >= 4 is 48.7 Å². The van der Waals surface area contributed by atoms with E-state index in [1.54, 1.807) is 23.5 Å². The number of rotatable bonds is 4. The lowest BCUT2D eigenvalue weighted by Crippen LogP contribution is -2.44. The second-order valence-corrected chi connectivity index (χ2v) is 9.08. The van der Waals surface area contributed by atoms with E-state index in [1.807, 2.05) is 41.9 Å². The van der Waals surface area contributed by atoms with E-state index in [1.165, 1.54) is 0 Å². The van der Waals surface area contributed by atoms with E-state index in [-0.39, 0.29) is 11.9 Å². The third-order valence-electron chi connectivity index (χ3n) is 5.28. The van der Waals surface area contributed by atoms with Crippen molar-refractivity contribution in [2.45, 2.75) is 25.8 Å². The molecule has 5 rings (SSSR count). The molecule has 154 valence electrons. The Morgan fingerprint density at radius 3 is 2.67 bits per heavy atom. The molecule has 4 aromatic rings. The molecule has 0 bridgehead atoms. The van der Waals surface area contributed by atoms with Crippen molar-refractivity contribution in [2.24, 2.45) is 0 Å². The van der Waals surface area contributed by atoms with Crippen LogP contribution in [-0.2, 0) is 0 Å². The molecule has 1 aliphatic heterocycles. The lowest BCUT2D eigenvalue weighted by Gasteiger charge is -2.31. The van der Waals surface area contributed by atoms with Gasteiger partial charge in [0.2, 0.25) is 0 Å². The molecule has 1 saturated heterocycles. The summed E-state index contributed by atoms with van der Waals surface area (Å²) >= 11 is 4.91. The highest BCUT2D eigenvalue weighted by molar-refractivity contribution is 9.10. The summed E-state index contributed by atoms with van der Waals surface area (Å²) in [5.74, 6) is 0.161. The third-order valence-corrected chi connectivity index (χ3v) is 6.92. The fourth-order valence-electron chi connectivity index (χ4n) is 3.72. The number of carbonyl (C=O) groups is 1.